The second-order valence-electron chi connectivity index (χ2n) is 4.43. The van der Waals surface area contributed by atoms with Gasteiger partial charge in [-0.1, -0.05) is 0 Å². The van der Waals surface area contributed by atoms with E-state index in [1.54, 1.807) is 0 Å². The first-order valence-electron chi connectivity index (χ1n) is 6.42. The molecule has 21 heavy (non-hydrogen) atoms. The van der Waals surface area contributed by atoms with Gasteiger partial charge in [0.05, 0.1) is 43.5 Å². The van der Waals surface area contributed by atoms with Crippen molar-refractivity contribution in [2.24, 2.45) is 0 Å². The highest BCUT2D eigenvalue weighted by atomic mass is 16.6. The molecule has 8 nitrogen and oxygen atoms in total. The SMILES string of the molecule is COC(=O)c1ccc([N+](=O)[O-])c(NCC2COCCO2)c1. The lowest BCUT2D eigenvalue weighted by Gasteiger charge is -2.23. The largest absolute Gasteiger partial charge is 0.465 e. The molecule has 8 heteroatoms. The molecule has 114 valence electrons. The van der Waals surface area contributed by atoms with Crippen LogP contribution in [0.4, 0.5) is 11.4 Å². The van der Waals surface area contributed by atoms with Crippen molar-refractivity contribution in [3.8, 4) is 0 Å². The first-order chi connectivity index (χ1) is 10.1. The molecule has 1 aromatic rings. The van der Waals surface area contributed by atoms with Gasteiger partial charge in [0.25, 0.3) is 5.69 Å². The second kappa shape index (κ2) is 7.00. The van der Waals surface area contributed by atoms with E-state index in [0.29, 0.717) is 26.4 Å². The summed E-state index contributed by atoms with van der Waals surface area (Å²) in [5.74, 6) is -0.551. The number of carbonyl (C=O) groups excluding carboxylic acids is 1. The lowest BCUT2D eigenvalue weighted by molar-refractivity contribution is -0.384. The van der Waals surface area contributed by atoms with Gasteiger partial charge in [0, 0.05) is 12.6 Å². The van der Waals surface area contributed by atoms with Crippen LogP contribution in [0.15, 0.2) is 18.2 Å². The molecule has 1 aromatic carbocycles. The summed E-state index contributed by atoms with van der Waals surface area (Å²) in [4.78, 5) is 22.0. The van der Waals surface area contributed by atoms with Crippen LogP contribution in [-0.4, -0.2) is 50.5 Å². The third-order valence-electron chi connectivity index (χ3n) is 3.02. The zero-order valence-electron chi connectivity index (χ0n) is 11.5. The quantitative estimate of drug-likeness (QED) is 0.495. The van der Waals surface area contributed by atoms with Crippen LogP contribution < -0.4 is 5.32 Å². The number of nitrogens with one attached hydrogen (secondary N) is 1. The summed E-state index contributed by atoms with van der Waals surface area (Å²) in [5.41, 5.74) is 0.378. The Balaban J connectivity index is 2.13. The lowest BCUT2D eigenvalue weighted by Crippen LogP contribution is -2.34. The Labute approximate surface area is 121 Å². The summed E-state index contributed by atoms with van der Waals surface area (Å²) < 4.78 is 15.3. The Bertz CT molecular complexity index is 527. The standard InChI is InChI=1S/C13H16N2O6/c1-19-13(16)9-2-3-12(15(17)18)11(6-9)14-7-10-8-20-4-5-21-10/h2-3,6,10,14H,4-5,7-8H2,1H3. The number of nitro benzene ring substituents is 1. The van der Waals surface area contributed by atoms with Crippen LogP contribution in [0.25, 0.3) is 0 Å². The van der Waals surface area contributed by atoms with E-state index in [9.17, 15) is 14.9 Å². The molecule has 1 unspecified atom stereocenters. The van der Waals surface area contributed by atoms with Gasteiger partial charge >= 0.3 is 5.97 Å². The molecule has 1 aliphatic rings. The number of esters is 1. The lowest BCUT2D eigenvalue weighted by atomic mass is 10.1. The van der Waals surface area contributed by atoms with Crippen molar-refractivity contribution in [3.05, 3.63) is 33.9 Å². The van der Waals surface area contributed by atoms with Crippen LogP contribution in [0.5, 0.6) is 0 Å². The number of anilines is 1. The third-order valence-corrected chi connectivity index (χ3v) is 3.02. The van der Waals surface area contributed by atoms with Gasteiger partial charge in [0.2, 0.25) is 0 Å². The van der Waals surface area contributed by atoms with Crippen molar-refractivity contribution < 1.29 is 23.9 Å². The molecule has 0 amide bonds. The number of carbonyl (C=O) groups is 1. The normalized spacial score (nSPS) is 18.0. The highest BCUT2D eigenvalue weighted by Crippen LogP contribution is 2.26. The van der Waals surface area contributed by atoms with E-state index in [1.807, 2.05) is 0 Å². The molecular weight excluding hydrogens is 280 g/mol. The molecule has 1 saturated heterocycles. The second-order valence-corrected chi connectivity index (χ2v) is 4.43. The van der Waals surface area contributed by atoms with E-state index in [4.69, 9.17) is 9.47 Å². The first-order valence-corrected chi connectivity index (χ1v) is 6.42. The van der Waals surface area contributed by atoms with Gasteiger partial charge in [0.15, 0.2) is 0 Å². The third kappa shape index (κ3) is 3.89. The minimum Gasteiger partial charge on any atom is -0.465 e. The Kier molecular flexibility index (Phi) is 5.07. The van der Waals surface area contributed by atoms with Crippen LogP contribution in [0.2, 0.25) is 0 Å². The molecule has 1 aliphatic heterocycles. The van der Waals surface area contributed by atoms with Crippen molar-refractivity contribution in [3.63, 3.8) is 0 Å². The average Bonchev–Trinajstić information content (AvgIpc) is 2.52. The number of nitrogens with zero attached hydrogens (tertiary/aromatic N) is 1. The number of hydrogen-bond acceptors (Lipinski definition) is 7. The summed E-state index contributed by atoms with van der Waals surface area (Å²) in [6, 6.07) is 4.02. The van der Waals surface area contributed by atoms with Crippen LogP contribution in [0, 0.1) is 10.1 Å². The average molecular weight is 296 g/mol. The maximum Gasteiger partial charge on any atom is 0.337 e. The van der Waals surface area contributed by atoms with Gasteiger partial charge < -0.3 is 19.5 Å². The van der Waals surface area contributed by atoms with E-state index < -0.39 is 10.9 Å². The van der Waals surface area contributed by atoms with E-state index in [1.165, 1.54) is 25.3 Å². The fraction of sp³-hybridized carbons (Fsp3) is 0.462. The van der Waals surface area contributed by atoms with Crippen molar-refractivity contribution in [2.75, 3.05) is 38.8 Å². The Morgan fingerprint density at radius 1 is 1.52 bits per heavy atom. The van der Waals surface area contributed by atoms with Crippen LogP contribution in [0.1, 0.15) is 10.4 Å². The fourth-order valence-electron chi connectivity index (χ4n) is 1.96. The van der Waals surface area contributed by atoms with Crippen LogP contribution in [-0.2, 0) is 14.2 Å². The number of ether oxygens (including phenoxy) is 3. The molecule has 2 rings (SSSR count). The van der Waals surface area contributed by atoms with Gasteiger partial charge in [-0.25, -0.2) is 4.79 Å². The Morgan fingerprint density at radius 2 is 2.33 bits per heavy atom. The van der Waals surface area contributed by atoms with Gasteiger partial charge in [-0.15, -0.1) is 0 Å². The predicted octanol–water partition coefficient (Wildman–Crippen LogP) is 1.21. The smallest absolute Gasteiger partial charge is 0.337 e. The maximum absolute atomic E-state index is 11.5. The predicted molar refractivity (Wildman–Crippen MR) is 73.5 cm³/mol. The molecule has 1 atom stereocenters. The van der Waals surface area contributed by atoms with Gasteiger partial charge in [-0.05, 0) is 12.1 Å². The highest BCUT2D eigenvalue weighted by molar-refractivity contribution is 5.91. The molecule has 0 spiro atoms. The summed E-state index contributed by atoms with van der Waals surface area (Å²) in [6.45, 7) is 1.83. The molecule has 1 N–H and O–H groups in total. The minimum absolute atomic E-state index is 0.112. The summed E-state index contributed by atoms with van der Waals surface area (Å²) in [5, 5.41) is 13.9. The van der Waals surface area contributed by atoms with Crippen LogP contribution >= 0.6 is 0 Å². The summed E-state index contributed by atoms with van der Waals surface area (Å²) in [6.07, 6.45) is -0.180. The molecule has 1 fully saturated rings. The molecule has 0 radical (unpaired) electrons. The highest BCUT2D eigenvalue weighted by Gasteiger charge is 2.19. The molecule has 1 heterocycles. The van der Waals surface area contributed by atoms with Crippen molar-refractivity contribution in [1.82, 2.24) is 0 Å². The Morgan fingerprint density at radius 3 is 2.95 bits per heavy atom. The van der Waals surface area contributed by atoms with Gasteiger partial charge in [-0.3, -0.25) is 10.1 Å². The molecule has 0 aromatic heterocycles. The molecule has 0 aliphatic carbocycles. The monoisotopic (exact) mass is 296 g/mol. The van der Waals surface area contributed by atoms with Gasteiger partial charge in [-0.2, -0.15) is 0 Å². The first kappa shape index (κ1) is 15.2. The number of nitro groups is 1. The molecule has 0 saturated carbocycles. The Hall–Kier alpha value is -2.19. The topological polar surface area (TPSA) is 99.9 Å². The fourth-order valence-corrected chi connectivity index (χ4v) is 1.96. The summed E-state index contributed by atoms with van der Waals surface area (Å²) >= 11 is 0. The van der Waals surface area contributed by atoms with E-state index in [2.05, 4.69) is 10.1 Å². The number of rotatable bonds is 5. The summed E-state index contributed by atoms with van der Waals surface area (Å²) in [7, 11) is 1.25. The maximum atomic E-state index is 11.5. The number of benzene rings is 1. The molecule has 0 bridgehead atoms. The minimum atomic E-state index is -0.551. The molecular formula is C13H16N2O6. The van der Waals surface area contributed by atoms with Crippen molar-refractivity contribution in [1.29, 1.82) is 0 Å². The van der Waals surface area contributed by atoms with Gasteiger partial charge in [0.1, 0.15) is 5.69 Å². The zero-order valence-corrected chi connectivity index (χ0v) is 11.5. The van der Waals surface area contributed by atoms with E-state index in [-0.39, 0.29) is 23.0 Å². The number of methoxy groups -OCH3 is 1. The van der Waals surface area contributed by atoms with E-state index in [0.717, 1.165) is 0 Å². The zero-order chi connectivity index (χ0) is 15.2. The van der Waals surface area contributed by atoms with Crippen molar-refractivity contribution >= 4 is 17.3 Å². The van der Waals surface area contributed by atoms with Crippen LogP contribution in [0.3, 0.4) is 0 Å². The van der Waals surface area contributed by atoms with Crippen molar-refractivity contribution in [2.45, 2.75) is 6.10 Å². The van der Waals surface area contributed by atoms with E-state index >= 15 is 0 Å². The number of hydrogen-bond donors (Lipinski definition) is 1.